The highest BCUT2D eigenvalue weighted by atomic mass is 19.4. The smallest absolute Gasteiger partial charge is 0.433 e. The molecule has 200 valence electrons. The lowest BCUT2D eigenvalue weighted by Crippen LogP contribution is -2.22. The molecule has 1 fully saturated rings. The summed E-state index contributed by atoms with van der Waals surface area (Å²) in [6.07, 6.45) is 0.878. The summed E-state index contributed by atoms with van der Waals surface area (Å²) in [6.45, 7) is 1.16. The first-order chi connectivity index (χ1) is 17.8. The van der Waals surface area contributed by atoms with Gasteiger partial charge < -0.3 is 23.4 Å². The van der Waals surface area contributed by atoms with E-state index in [0.717, 1.165) is 37.5 Å². The molecule has 11 heteroatoms. The van der Waals surface area contributed by atoms with Gasteiger partial charge in [0.05, 0.1) is 18.7 Å². The summed E-state index contributed by atoms with van der Waals surface area (Å²) in [7, 11) is 0. The number of hydrogen-bond donors (Lipinski definition) is 0. The van der Waals surface area contributed by atoms with Crippen LogP contribution in [0.15, 0.2) is 45.8 Å². The number of unbranched alkanes of at least 4 members (excludes halogenated alkanes) is 2. The van der Waals surface area contributed by atoms with Crippen molar-refractivity contribution in [2.24, 2.45) is 0 Å². The maximum atomic E-state index is 13.6. The third-order valence-electron chi connectivity index (χ3n) is 5.73. The summed E-state index contributed by atoms with van der Waals surface area (Å²) >= 11 is 0. The number of nitrogens with zero attached hydrogens (tertiary/aromatic N) is 1. The molecule has 37 heavy (non-hydrogen) atoms. The van der Waals surface area contributed by atoms with Crippen LogP contribution in [-0.4, -0.2) is 31.1 Å². The highest BCUT2D eigenvalue weighted by Crippen LogP contribution is 2.34. The zero-order valence-corrected chi connectivity index (χ0v) is 20.0. The van der Waals surface area contributed by atoms with E-state index in [2.05, 4.69) is 4.98 Å². The van der Waals surface area contributed by atoms with Gasteiger partial charge in [-0.05, 0) is 56.7 Å². The Morgan fingerprint density at radius 3 is 2.49 bits per heavy atom. The van der Waals surface area contributed by atoms with Crippen LogP contribution in [0.1, 0.15) is 50.0 Å². The van der Waals surface area contributed by atoms with Crippen molar-refractivity contribution in [2.45, 2.75) is 57.6 Å². The third-order valence-corrected chi connectivity index (χ3v) is 5.73. The molecule has 3 aromatic rings. The Bertz CT molecular complexity index is 1240. The molecule has 1 aliphatic rings. The average Bonchev–Trinajstić information content (AvgIpc) is 2.88. The topological polar surface area (TPSA) is 80.0 Å². The van der Waals surface area contributed by atoms with Crippen LogP contribution in [-0.2, 0) is 22.3 Å². The van der Waals surface area contributed by atoms with Gasteiger partial charge in [-0.3, -0.25) is 4.79 Å². The number of fused-ring (bicyclic) bond motifs is 1. The van der Waals surface area contributed by atoms with Crippen LogP contribution in [0.3, 0.4) is 0 Å². The lowest BCUT2D eigenvalue weighted by Gasteiger charge is -2.22. The van der Waals surface area contributed by atoms with Crippen LogP contribution >= 0.6 is 0 Å². The lowest BCUT2D eigenvalue weighted by atomic mass is 10.1. The predicted octanol–water partition coefficient (Wildman–Crippen LogP) is 6.02. The predicted molar refractivity (Wildman–Crippen MR) is 125 cm³/mol. The molecule has 1 atom stereocenters. The van der Waals surface area contributed by atoms with Gasteiger partial charge in [0.1, 0.15) is 35.9 Å². The van der Waals surface area contributed by atoms with Gasteiger partial charge in [0, 0.05) is 24.1 Å². The monoisotopic (exact) mass is 525 g/mol. The van der Waals surface area contributed by atoms with Gasteiger partial charge in [0.2, 0.25) is 11.2 Å². The van der Waals surface area contributed by atoms with E-state index >= 15 is 0 Å². The fourth-order valence-corrected chi connectivity index (χ4v) is 3.81. The summed E-state index contributed by atoms with van der Waals surface area (Å²) in [4.78, 5) is 15.8. The van der Waals surface area contributed by atoms with E-state index < -0.39 is 17.7 Å². The zero-order chi connectivity index (χ0) is 26.3. The molecular weight excluding hydrogens is 498 g/mol. The first-order valence-electron chi connectivity index (χ1n) is 12.1. The largest absolute Gasteiger partial charge is 0.493 e. The molecule has 0 radical (unpaired) electrons. The van der Waals surface area contributed by atoms with E-state index in [0.29, 0.717) is 31.6 Å². The van der Waals surface area contributed by atoms with Gasteiger partial charge in [-0.15, -0.1) is 0 Å². The molecule has 2 aromatic heterocycles. The van der Waals surface area contributed by atoms with Crippen molar-refractivity contribution >= 4 is 10.9 Å². The summed E-state index contributed by atoms with van der Waals surface area (Å²) in [5.74, 6) is -0.219. The SMILES string of the molecule is O=c1cc(COC2CCCCO2)occ1OCCCCCOc1cc(C(F)(F)F)nc2ccc(F)cc12. The second-order valence-corrected chi connectivity index (χ2v) is 8.60. The first-order valence-corrected chi connectivity index (χ1v) is 12.1. The fraction of sp³-hybridized carbons (Fsp3) is 0.462. The minimum atomic E-state index is -4.65. The Kier molecular flexibility index (Phi) is 8.99. The van der Waals surface area contributed by atoms with Gasteiger partial charge in [-0.2, -0.15) is 13.2 Å². The van der Waals surface area contributed by atoms with Crippen LogP contribution in [0.4, 0.5) is 17.6 Å². The molecule has 1 unspecified atom stereocenters. The van der Waals surface area contributed by atoms with Crippen LogP contribution in [0.2, 0.25) is 0 Å². The molecule has 0 amide bonds. The number of hydrogen-bond acceptors (Lipinski definition) is 7. The summed E-state index contributed by atoms with van der Waals surface area (Å²) < 4.78 is 80.6. The van der Waals surface area contributed by atoms with Crippen LogP contribution in [0, 0.1) is 5.82 Å². The lowest BCUT2D eigenvalue weighted by molar-refractivity contribution is -0.171. The van der Waals surface area contributed by atoms with E-state index in [-0.39, 0.29) is 53.9 Å². The van der Waals surface area contributed by atoms with Gasteiger partial charge >= 0.3 is 6.18 Å². The van der Waals surface area contributed by atoms with Crippen LogP contribution in [0.25, 0.3) is 10.9 Å². The number of halogens is 4. The molecule has 0 bridgehead atoms. The fourth-order valence-electron chi connectivity index (χ4n) is 3.81. The molecule has 1 saturated heterocycles. The van der Waals surface area contributed by atoms with E-state index in [9.17, 15) is 22.4 Å². The highest BCUT2D eigenvalue weighted by Gasteiger charge is 2.33. The molecule has 0 saturated carbocycles. The van der Waals surface area contributed by atoms with Crippen LogP contribution < -0.4 is 14.9 Å². The Morgan fingerprint density at radius 2 is 1.78 bits per heavy atom. The number of aromatic nitrogens is 1. The van der Waals surface area contributed by atoms with Gasteiger partial charge in [-0.25, -0.2) is 9.37 Å². The number of rotatable bonds is 11. The molecule has 7 nitrogen and oxygen atoms in total. The van der Waals surface area contributed by atoms with Crippen LogP contribution in [0.5, 0.6) is 11.5 Å². The minimum absolute atomic E-state index is 0.00152. The normalized spacial score (nSPS) is 16.2. The van der Waals surface area contributed by atoms with Gasteiger partial charge in [0.15, 0.2) is 6.29 Å². The van der Waals surface area contributed by atoms with Crippen molar-refractivity contribution in [3.05, 3.63) is 64.1 Å². The van der Waals surface area contributed by atoms with E-state index in [1.807, 2.05) is 0 Å². The number of benzene rings is 1. The van der Waals surface area contributed by atoms with E-state index in [1.165, 1.54) is 18.4 Å². The van der Waals surface area contributed by atoms with Crippen molar-refractivity contribution in [2.75, 3.05) is 19.8 Å². The number of alkyl halides is 3. The van der Waals surface area contributed by atoms with Crippen molar-refractivity contribution in [3.8, 4) is 11.5 Å². The molecule has 3 heterocycles. The molecule has 1 aliphatic heterocycles. The molecule has 4 rings (SSSR count). The molecule has 0 aliphatic carbocycles. The third kappa shape index (κ3) is 7.65. The van der Waals surface area contributed by atoms with E-state index in [1.54, 1.807) is 0 Å². The van der Waals surface area contributed by atoms with Crippen molar-refractivity contribution in [1.29, 1.82) is 0 Å². The zero-order valence-electron chi connectivity index (χ0n) is 20.0. The molecule has 0 N–H and O–H groups in total. The van der Waals surface area contributed by atoms with Gasteiger partial charge in [-0.1, -0.05) is 0 Å². The highest BCUT2D eigenvalue weighted by molar-refractivity contribution is 5.85. The standard InChI is InChI=1S/C26H27F4NO6/c27-17-7-8-20-19(12-17)22(14-24(31-20)26(28,29)30)33-9-3-1-4-10-34-23-16-36-18(13-21(23)32)15-37-25-6-2-5-11-35-25/h7-8,12-14,16,25H,1-6,9-11,15H2. The summed E-state index contributed by atoms with van der Waals surface area (Å²) in [5, 5.41) is 0.170. The minimum Gasteiger partial charge on any atom is -0.493 e. The number of ether oxygens (including phenoxy) is 4. The number of pyridine rings is 1. The average molecular weight is 525 g/mol. The van der Waals surface area contributed by atoms with Crippen molar-refractivity contribution in [1.82, 2.24) is 4.98 Å². The maximum Gasteiger partial charge on any atom is 0.433 e. The quantitative estimate of drug-likeness (QED) is 0.224. The van der Waals surface area contributed by atoms with Crippen molar-refractivity contribution < 1.29 is 40.9 Å². The van der Waals surface area contributed by atoms with E-state index in [4.69, 9.17) is 23.4 Å². The second-order valence-electron chi connectivity index (χ2n) is 8.60. The Morgan fingerprint density at radius 1 is 1.00 bits per heavy atom. The summed E-state index contributed by atoms with van der Waals surface area (Å²) in [5.41, 5.74) is -1.43. The van der Waals surface area contributed by atoms with Crippen molar-refractivity contribution in [3.63, 3.8) is 0 Å². The second kappa shape index (κ2) is 12.4. The molecule has 0 spiro atoms. The molecule has 1 aromatic carbocycles. The first kappa shape index (κ1) is 26.9. The van der Waals surface area contributed by atoms with Gasteiger partial charge in [0.25, 0.3) is 0 Å². The maximum absolute atomic E-state index is 13.6. The Labute approximate surface area is 210 Å². The Balaban J connectivity index is 1.20. The summed E-state index contributed by atoms with van der Waals surface area (Å²) in [6, 6.07) is 5.43. The molecular formula is C26H27F4NO6. The Hall–Kier alpha value is -3.18.